The molecule has 55 heavy (non-hydrogen) atoms. The standard InChI is InChI=1S/C30H21.C19H19.C2H6Si.2ClH.Zr/c1-20-16-23-18-24(27-14-6-10-21-8-2-4-12-25(21)27)19-30(29(23)17-20)28-15-7-11-22-9-3-5-13-26(22)28;1-13(2)17-11-16-5-4-6-18(19(16)12-17)15-9-7-14(3)8-10-15;1-3-2;;;/h2-19H,1H3;4-13H,1-3H3;1-2H3;2*1H;/q2*-1;;;;+4/p-2. The molecule has 0 bridgehead atoms. The Labute approximate surface area is 348 Å². The Morgan fingerprint density at radius 1 is 0.491 bits per heavy atom. The summed E-state index contributed by atoms with van der Waals surface area (Å²) < 4.78 is 0. The van der Waals surface area contributed by atoms with E-state index in [0.29, 0.717) is 5.92 Å². The number of hydrogen-bond donors (Lipinski definition) is 0. The number of aryl methyl sites for hydroxylation is 2. The second kappa shape index (κ2) is 19.2. The van der Waals surface area contributed by atoms with E-state index >= 15 is 0 Å². The summed E-state index contributed by atoms with van der Waals surface area (Å²) in [6.45, 7) is 13.1. The van der Waals surface area contributed by atoms with Crippen molar-refractivity contribution in [2.24, 2.45) is 0 Å². The summed E-state index contributed by atoms with van der Waals surface area (Å²) in [5.41, 5.74) is 11.8. The third-order valence-corrected chi connectivity index (χ3v) is 9.95. The molecule has 9 aromatic carbocycles. The molecule has 2 radical (unpaired) electrons. The molecule has 0 amide bonds. The second-order valence-corrected chi connectivity index (χ2v) is 19.0. The molecule has 0 spiro atoms. The molecule has 0 atom stereocenters. The van der Waals surface area contributed by atoms with Gasteiger partial charge in [0.2, 0.25) is 0 Å². The van der Waals surface area contributed by atoms with Crippen molar-refractivity contribution in [2.75, 3.05) is 0 Å². The molecular weight excluding hydrogens is 803 g/mol. The monoisotopic (exact) mass is 846 g/mol. The van der Waals surface area contributed by atoms with Crippen LogP contribution in [0.3, 0.4) is 0 Å². The molecule has 0 aromatic heterocycles. The summed E-state index contributed by atoms with van der Waals surface area (Å²) in [7, 11) is 11.0. The predicted molar refractivity (Wildman–Crippen MR) is 243 cm³/mol. The SMILES string of the molecule is C[Si]C.Cc1cc2c(-c3cccc4ccccc34)cc(-c3cccc4ccccc34)cc2[cH-]1.Cc1ccc(-c2cccc3[cH-]c(C(C)C)cc23)cc1.[Cl][Zr+2][Cl]. The molecule has 4 heteroatoms. The van der Waals surface area contributed by atoms with E-state index in [0.717, 1.165) is 9.52 Å². The Bertz CT molecular complexity index is 2630. The van der Waals surface area contributed by atoms with Gasteiger partial charge in [-0.15, -0.1) is 63.0 Å². The summed E-state index contributed by atoms with van der Waals surface area (Å²) in [4.78, 5) is 0. The number of benzene rings is 7. The quantitative estimate of drug-likeness (QED) is 0.122. The van der Waals surface area contributed by atoms with Crippen LogP contribution in [-0.4, -0.2) is 9.52 Å². The van der Waals surface area contributed by atoms with E-state index in [1.54, 1.807) is 0 Å². The van der Waals surface area contributed by atoms with Crippen molar-refractivity contribution in [2.45, 2.75) is 46.7 Å². The first kappa shape index (κ1) is 40.6. The van der Waals surface area contributed by atoms with Crippen molar-refractivity contribution in [3.63, 3.8) is 0 Å². The molecule has 0 aliphatic carbocycles. The van der Waals surface area contributed by atoms with Crippen molar-refractivity contribution in [1.82, 2.24) is 0 Å². The molecule has 0 fully saturated rings. The fraction of sp³-hybridized carbons (Fsp3) is 0.137. The Morgan fingerprint density at radius 2 is 1.00 bits per heavy atom. The molecule has 0 saturated heterocycles. The van der Waals surface area contributed by atoms with Crippen LogP contribution < -0.4 is 0 Å². The van der Waals surface area contributed by atoms with Gasteiger partial charge in [-0.05, 0) is 51.1 Å². The van der Waals surface area contributed by atoms with Gasteiger partial charge >= 0.3 is 37.9 Å². The first-order chi connectivity index (χ1) is 26.8. The molecule has 0 nitrogen and oxygen atoms in total. The molecule has 0 heterocycles. The van der Waals surface area contributed by atoms with Gasteiger partial charge in [0.05, 0.1) is 0 Å². The molecule has 0 saturated carbocycles. The van der Waals surface area contributed by atoms with E-state index in [2.05, 4.69) is 205 Å². The minimum atomic E-state index is -0.826. The number of halogens is 2. The van der Waals surface area contributed by atoms with Gasteiger partial charge in [-0.2, -0.15) is 12.1 Å². The van der Waals surface area contributed by atoms with Gasteiger partial charge in [0, 0.05) is 9.52 Å². The normalized spacial score (nSPS) is 10.7. The Kier molecular flexibility index (Phi) is 14.2. The number of rotatable bonds is 4. The molecule has 9 aromatic rings. The molecule has 272 valence electrons. The van der Waals surface area contributed by atoms with Gasteiger partial charge in [0.1, 0.15) is 0 Å². The zero-order valence-corrected chi connectivity index (χ0v) is 37.4. The third kappa shape index (κ3) is 9.50. The van der Waals surface area contributed by atoms with Gasteiger partial charge in [0.25, 0.3) is 0 Å². The third-order valence-electron chi connectivity index (χ3n) is 9.95. The van der Waals surface area contributed by atoms with E-state index in [1.807, 2.05) is 0 Å². The summed E-state index contributed by atoms with van der Waals surface area (Å²) >= 11 is -0.826. The van der Waals surface area contributed by atoms with Crippen LogP contribution in [0.1, 0.15) is 36.5 Å². The number of hydrogen-bond acceptors (Lipinski definition) is 0. The van der Waals surface area contributed by atoms with Crippen molar-refractivity contribution < 1.29 is 20.8 Å². The van der Waals surface area contributed by atoms with Gasteiger partial charge in [0.15, 0.2) is 0 Å². The van der Waals surface area contributed by atoms with Crippen LogP contribution in [0.2, 0.25) is 13.1 Å². The first-order valence-electron chi connectivity index (χ1n) is 18.7. The van der Waals surface area contributed by atoms with Crippen LogP contribution in [0.25, 0.3) is 76.5 Å². The van der Waals surface area contributed by atoms with Crippen molar-refractivity contribution in [3.8, 4) is 33.4 Å². The molecule has 0 aliphatic rings. The molecular formula is C51H46Cl2SiZr. The van der Waals surface area contributed by atoms with Crippen LogP contribution in [0.15, 0.2) is 164 Å². The van der Waals surface area contributed by atoms with Gasteiger partial charge in [-0.1, -0.05) is 177 Å². The summed E-state index contributed by atoms with van der Waals surface area (Å²) in [5.74, 6) is 0.582. The van der Waals surface area contributed by atoms with Crippen LogP contribution in [0.4, 0.5) is 0 Å². The predicted octanol–water partition coefficient (Wildman–Crippen LogP) is 16.3. The average molecular weight is 849 g/mol. The van der Waals surface area contributed by atoms with Gasteiger partial charge in [-0.3, -0.25) is 0 Å². The van der Waals surface area contributed by atoms with Crippen molar-refractivity contribution in [3.05, 3.63) is 180 Å². The zero-order valence-electron chi connectivity index (χ0n) is 32.4. The van der Waals surface area contributed by atoms with Gasteiger partial charge in [-0.25, -0.2) is 0 Å². The first-order valence-corrected chi connectivity index (χ1v) is 27.1. The van der Waals surface area contributed by atoms with Gasteiger partial charge < -0.3 is 0 Å². The Hall–Kier alpha value is -4.04. The summed E-state index contributed by atoms with van der Waals surface area (Å²) in [6, 6.07) is 59.9. The van der Waals surface area contributed by atoms with Crippen LogP contribution >= 0.6 is 17.0 Å². The zero-order chi connectivity index (χ0) is 38.9. The minimum absolute atomic E-state index is 0.582. The Balaban J connectivity index is 0.000000177. The topological polar surface area (TPSA) is 0 Å². The molecule has 9 rings (SSSR count). The van der Waals surface area contributed by atoms with E-state index in [4.69, 9.17) is 17.0 Å². The van der Waals surface area contributed by atoms with E-state index in [1.165, 1.54) is 93.2 Å². The molecule has 0 aliphatic heterocycles. The van der Waals surface area contributed by atoms with Crippen molar-refractivity contribution in [1.29, 1.82) is 0 Å². The summed E-state index contributed by atoms with van der Waals surface area (Å²) in [5, 5.41) is 10.5. The fourth-order valence-corrected chi connectivity index (χ4v) is 7.36. The number of fused-ring (bicyclic) bond motifs is 4. The van der Waals surface area contributed by atoms with E-state index < -0.39 is 20.8 Å². The van der Waals surface area contributed by atoms with Crippen LogP contribution in [0.5, 0.6) is 0 Å². The molecule has 0 N–H and O–H groups in total. The maximum absolute atomic E-state index is 4.93. The van der Waals surface area contributed by atoms with E-state index in [-0.39, 0.29) is 0 Å². The van der Waals surface area contributed by atoms with Crippen LogP contribution in [0, 0.1) is 13.8 Å². The molecule has 0 unspecified atom stereocenters. The van der Waals surface area contributed by atoms with E-state index in [9.17, 15) is 0 Å². The second-order valence-electron chi connectivity index (χ2n) is 14.3. The van der Waals surface area contributed by atoms with Crippen molar-refractivity contribution >= 4 is 69.6 Å². The summed E-state index contributed by atoms with van der Waals surface area (Å²) in [6.07, 6.45) is 0. The average Bonchev–Trinajstić information content (AvgIpc) is 3.82. The maximum atomic E-state index is 4.93. The fourth-order valence-electron chi connectivity index (χ4n) is 7.36. The van der Waals surface area contributed by atoms with Crippen LogP contribution in [-0.2, 0) is 20.8 Å². The Morgan fingerprint density at radius 3 is 1.62 bits per heavy atom.